The highest BCUT2D eigenvalue weighted by atomic mass is 19.1. The number of carbonyl (C=O) groups excluding carboxylic acids is 1. The molecule has 1 aromatic rings. The summed E-state index contributed by atoms with van der Waals surface area (Å²) in [6, 6.07) is 1.77. The summed E-state index contributed by atoms with van der Waals surface area (Å²) in [5.41, 5.74) is 4.67. The van der Waals surface area contributed by atoms with E-state index >= 15 is 0 Å². The molecule has 3 unspecified atom stereocenters. The first-order valence-electron chi connectivity index (χ1n) is 6.99. The molecular formula is C15H20F2N2O. The standard InChI is InChI=1S/C15H20F2N2O/c1-3-9-4-5-13(8(9)2)19-15(20)11-6-10(16)7-12(18)14(11)17/h6-9,13H,3-5,18H2,1-2H3,(H,19,20). The second kappa shape index (κ2) is 5.77. The molecule has 1 aliphatic carbocycles. The van der Waals surface area contributed by atoms with Crippen molar-refractivity contribution < 1.29 is 13.6 Å². The van der Waals surface area contributed by atoms with E-state index in [0.29, 0.717) is 11.8 Å². The maximum atomic E-state index is 13.8. The number of nitrogens with two attached hydrogens (primary N) is 1. The molecule has 20 heavy (non-hydrogen) atoms. The van der Waals surface area contributed by atoms with Crippen LogP contribution < -0.4 is 11.1 Å². The van der Waals surface area contributed by atoms with Gasteiger partial charge in [-0.1, -0.05) is 20.3 Å². The van der Waals surface area contributed by atoms with Crippen LogP contribution in [0.1, 0.15) is 43.5 Å². The van der Waals surface area contributed by atoms with E-state index in [2.05, 4.69) is 19.2 Å². The number of amides is 1. The van der Waals surface area contributed by atoms with Crippen molar-refractivity contribution in [3.8, 4) is 0 Å². The van der Waals surface area contributed by atoms with Gasteiger partial charge in [0.05, 0.1) is 11.3 Å². The zero-order chi connectivity index (χ0) is 14.9. The van der Waals surface area contributed by atoms with Crippen LogP contribution in [0, 0.1) is 23.5 Å². The smallest absolute Gasteiger partial charge is 0.254 e. The van der Waals surface area contributed by atoms with E-state index in [9.17, 15) is 13.6 Å². The van der Waals surface area contributed by atoms with Crippen molar-refractivity contribution in [2.24, 2.45) is 11.8 Å². The zero-order valence-corrected chi connectivity index (χ0v) is 11.7. The summed E-state index contributed by atoms with van der Waals surface area (Å²) in [6.07, 6.45) is 2.99. The van der Waals surface area contributed by atoms with E-state index in [1.54, 1.807) is 0 Å². The number of halogens is 2. The molecule has 0 spiro atoms. The maximum Gasteiger partial charge on any atom is 0.254 e. The van der Waals surface area contributed by atoms with Crippen LogP contribution in [-0.2, 0) is 0 Å². The van der Waals surface area contributed by atoms with Crippen LogP contribution in [0.5, 0.6) is 0 Å². The lowest BCUT2D eigenvalue weighted by Gasteiger charge is -2.21. The van der Waals surface area contributed by atoms with E-state index in [1.165, 1.54) is 0 Å². The molecule has 5 heteroatoms. The van der Waals surface area contributed by atoms with E-state index in [1.807, 2.05) is 0 Å². The highest BCUT2D eigenvalue weighted by Gasteiger charge is 2.33. The number of anilines is 1. The Bertz CT molecular complexity index is 519. The molecule has 0 aromatic heterocycles. The summed E-state index contributed by atoms with van der Waals surface area (Å²) in [4.78, 5) is 12.1. The van der Waals surface area contributed by atoms with Crippen molar-refractivity contribution in [1.29, 1.82) is 0 Å². The molecule has 3 atom stereocenters. The molecule has 0 aliphatic heterocycles. The number of rotatable bonds is 3. The topological polar surface area (TPSA) is 55.1 Å². The van der Waals surface area contributed by atoms with Crippen LogP contribution in [-0.4, -0.2) is 11.9 Å². The lowest BCUT2D eigenvalue weighted by molar-refractivity contribution is 0.0922. The molecule has 0 heterocycles. The van der Waals surface area contributed by atoms with E-state index in [-0.39, 0.29) is 17.3 Å². The Morgan fingerprint density at radius 2 is 2.10 bits per heavy atom. The van der Waals surface area contributed by atoms with Crippen LogP contribution in [0.25, 0.3) is 0 Å². The van der Waals surface area contributed by atoms with Crippen LogP contribution in [0.15, 0.2) is 12.1 Å². The number of benzene rings is 1. The third-order valence-electron chi connectivity index (χ3n) is 4.38. The summed E-state index contributed by atoms with van der Waals surface area (Å²) >= 11 is 0. The molecule has 3 N–H and O–H groups in total. The summed E-state index contributed by atoms with van der Waals surface area (Å²) < 4.78 is 27.0. The van der Waals surface area contributed by atoms with Gasteiger partial charge in [-0.3, -0.25) is 4.79 Å². The average Bonchev–Trinajstić information content (AvgIpc) is 2.74. The molecule has 1 fully saturated rings. The lowest BCUT2D eigenvalue weighted by atomic mass is 9.93. The van der Waals surface area contributed by atoms with Crippen molar-refractivity contribution in [1.82, 2.24) is 5.32 Å². The molecular weight excluding hydrogens is 262 g/mol. The van der Waals surface area contributed by atoms with Gasteiger partial charge in [0.1, 0.15) is 5.82 Å². The van der Waals surface area contributed by atoms with Gasteiger partial charge in [-0.2, -0.15) is 0 Å². The molecule has 2 rings (SSSR count). The molecule has 110 valence electrons. The van der Waals surface area contributed by atoms with Crippen LogP contribution in [0.2, 0.25) is 0 Å². The van der Waals surface area contributed by atoms with Gasteiger partial charge in [0.15, 0.2) is 5.82 Å². The fraction of sp³-hybridized carbons (Fsp3) is 0.533. The van der Waals surface area contributed by atoms with Crippen molar-refractivity contribution in [3.63, 3.8) is 0 Å². The van der Waals surface area contributed by atoms with Crippen LogP contribution in [0.3, 0.4) is 0 Å². The molecule has 1 saturated carbocycles. The van der Waals surface area contributed by atoms with Crippen molar-refractivity contribution in [2.75, 3.05) is 5.73 Å². The highest BCUT2D eigenvalue weighted by molar-refractivity contribution is 5.95. The summed E-state index contributed by atoms with van der Waals surface area (Å²) in [7, 11) is 0. The zero-order valence-electron chi connectivity index (χ0n) is 11.7. The maximum absolute atomic E-state index is 13.8. The Kier molecular flexibility index (Phi) is 4.26. The molecule has 1 aliphatic rings. The van der Waals surface area contributed by atoms with Gasteiger partial charge in [0.25, 0.3) is 5.91 Å². The largest absolute Gasteiger partial charge is 0.396 e. The van der Waals surface area contributed by atoms with Crippen molar-refractivity contribution in [3.05, 3.63) is 29.3 Å². The molecule has 1 aromatic carbocycles. The van der Waals surface area contributed by atoms with Gasteiger partial charge in [-0.25, -0.2) is 8.78 Å². The fourth-order valence-corrected chi connectivity index (χ4v) is 3.05. The van der Waals surface area contributed by atoms with Gasteiger partial charge in [-0.05, 0) is 36.8 Å². The summed E-state index contributed by atoms with van der Waals surface area (Å²) in [6.45, 7) is 4.21. The Balaban J connectivity index is 2.13. The minimum Gasteiger partial charge on any atom is -0.396 e. The van der Waals surface area contributed by atoms with Crippen LogP contribution in [0.4, 0.5) is 14.5 Å². The Labute approximate surface area is 117 Å². The van der Waals surface area contributed by atoms with Gasteiger partial charge < -0.3 is 11.1 Å². The minimum atomic E-state index is -0.860. The third kappa shape index (κ3) is 2.76. The number of carbonyl (C=O) groups is 1. The average molecular weight is 282 g/mol. The minimum absolute atomic E-state index is 0.0105. The number of hydrogen-bond acceptors (Lipinski definition) is 2. The van der Waals surface area contributed by atoms with E-state index < -0.39 is 17.5 Å². The van der Waals surface area contributed by atoms with Crippen molar-refractivity contribution in [2.45, 2.75) is 39.2 Å². The van der Waals surface area contributed by atoms with Crippen molar-refractivity contribution >= 4 is 11.6 Å². The normalized spacial score (nSPS) is 25.7. The predicted molar refractivity (Wildman–Crippen MR) is 74.2 cm³/mol. The second-order valence-electron chi connectivity index (χ2n) is 5.54. The van der Waals surface area contributed by atoms with E-state index in [4.69, 9.17) is 5.73 Å². The number of nitrogens with one attached hydrogen (secondary N) is 1. The second-order valence-corrected chi connectivity index (χ2v) is 5.54. The van der Waals surface area contributed by atoms with Gasteiger partial charge in [0.2, 0.25) is 0 Å². The van der Waals surface area contributed by atoms with Gasteiger partial charge in [-0.15, -0.1) is 0 Å². The predicted octanol–water partition coefficient (Wildman–Crippen LogP) is 3.10. The summed E-state index contributed by atoms with van der Waals surface area (Å²) in [5, 5.41) is 2.80. The molecule has 3 nitrogen and oxygen atoms in total. The summed E-state index contributed by atoms with van der Waals surface area (Å²) in [5.74, 6) is -1.25. The Hall–Kier alpha value is -1.65. The number of nitrogen functional groups attached to an aromatic ring is 1. The monoisotopic (exact) mass is 282 g/mol. The molecule has 0 saturated heterocycles. The third-order valence-corrected chi connectivity index (χ3v) is 4.38. The fourth-order valence-electron chi connectivity index (χ4n) is 3.05. The molecule has 1 amide bonds. The molecule has 0 bridgehead atoms. The van der Waals surface area contributed by atoms with E-state index in [0.717, 1.165) is 31.4 Å². The first kappa shape index (κ1) is 14.8. The van der Waals surface area contributed by atoms with Gasteiger partial charge in [0, 0.05) is 6.04 Å². The Morgan fingerprint density at radius 3 is 2.70 bits per heavy atom. The quantitative estimate of drug-likeness (QED) is 0.837. The van der Waals surface area contributed by atoms with Crippen LogP contribution >= 0.6 is 0 Å². The SMILES string of the molecule is CCC1CCC(NC(=O)c2cc(F)cc(N)c2F)C1C. The highest BCUT2D eigenvalue weighted by Crippen LogP contribution is 2.34. The molecule has 0 radical (unpaired) electrons. The lowest BCUT2D eigenvalue weighted by Crippen LogP contribution is -2.38. The first-order valence-corrected chi connectivity index (χ1v) is 6.99. The number of hydrogen-bond donors (Lipinski definition) is 2. The Morgan fingerprint density at radius 1 is 1.40 bits per heavy atom. The first-order chi connectivity index (χ1) is 9.43. The van der Waals surface area contributed by atoms with Gasteiger partial charge >= 0.3 is 0 Å².